The van der Waals surface area contributed by atoms with E-state index in [0.717, 1.165) is 78.6 Å². The zero-order valence-electron chi connectivity index (χ0n) is 24.5. The Bertz CT molecular complexity index is 1750. The van der Waals surface area contributed by atoms with Crippen LogP contribution in [0.5, 0.6) is 11.5 Å². The number of pyridine rings is 3. The SMILES string of the molecule is O=C(Cc1ccc(Oc2ccnc3cc(-c4ccc(CN5CCN(Cc6ccccn6)CC5)cn4)sc23)c(F)c1)CC1CC1. The van der Waals surface area contributed by atoms with Gasteiger partial charge in [0.05, 0.1) is 26.5 Å². The van der Waals surface area contributed by atoms with E-state index in [4.69, 9.17) is 9.72 Å². The first-order valence-electron chi connectivity index (χ1n) is 15.2. The van der Waals surface area contributed by atoms with Gasteiger partial charge in [0.1, 0.15) is 11.5 Å². The molecule has 44 heavy (non-hydrogen) atoms. The van der Waals surface area contributed by atoms with Gasteiger partial charge in [0, 0.05) is 76.8 Å². The van der Waals surface area contributed by atoms with Crippen molar-refractivity contribution in [3.8, 4) is 22.1 Å². The highest BCUT2D eigenvalue weighted by atomic mass is 32.1. The normalized spacial score (nSPS) is 15.9. The van der Waals surface area contributed by atoms with Crippen LogP contribution in [0.15, 0.2) is 79.3 Å². The first kappa shape index (κ1) is 28.7. The summed E-state index contributed by atoms with van der Waals surface area (Å²) < 4.78 is 21.8. The van der Waals surface area contributed by atoms with Gasteiger partial charge in [-0.15, -0.1) is 11.3 Å². The minimum Gasteiger partial charge on any atom is -0.453 e. The van der Waals surface area contributed by atoms with Crippen LogP contribution in [-0.2, 0) is 24.3 Å². The predicted molar refractivity (Wildman–Crippen MR) is 170 cm³/mol. The number of fused-ring (bicyclic) bond motifs is 1. The Balaban J connectivity index is 0.977. The predicted octanol–water partition coefficient (Wildman–Crippen LogP) is 6.91. The number of ketones is 1. The third kappa shape index (κ3) is 7.01. The molecular formula is C35H34FN5O2S. The van der Waals surface area contributed by atoms with Gasteiger partial charge in [0.15, 0.2) is 11.6 Å². The van der Waals surface area contributed by atoms with Gasteiger partial charge < -0.3 is 4.74 Å². The largest absolute Gasteiger partial charge is 0.453 e. The lowest BCUT2D eigenvalue weighted by Crippen LogP contribution is -2.45. The highest BCUT2D eigenvalue weighted by Gasteiger charge is 2.24. The highest BCUT2D eigenvalue weighted by molar-refractivity contribution is 7.22. The number of piperazine rings is 1. The van der Waals surface area contributed by atoms with Gasteiger partial charge in [-0.05, 0) is 66.3 Å². The van der Waals surface area contributed by atoms with Crippen molar-refractivity contribution in [3.63, 3.8) is 0 Å². The second-order valence-electron chi connectivity index (χ2n) is 11.8. The lowest BCUT2D eigenvalue weighted by atomic mass is 10.0. The number of hydrogen-bond donors (Lipinski definition) is 0. The zero-order chi connectivity index (χ0) is 29.9. The number of ether oxygens (including phenoxy) is 1. The molecule has 5 heterocycles. The van der Waals surface area contributed by atoms with Crippen molar-refractivity contribution in [3.05, 3.63) is 102 Å². The van der Waals surface area contributed by atoms with Crippen LogP contribution in [0.25, 0.3) is 20.8 Å². The molecule has 1 saturated heterocycles. The van der Waals surface area contributed by atoms with E-state index in [2.05, 4.69) is 38.0 Å². The number of thiophene rings is 1. The van der Waals surface area contributed by atoms with Crippen LogP contribution in [0.4, 0.5) is 4.39 Å². The van der Waals surface area contributed by atoms with Crippen LogP contribution in [0.3, 0.4) is 0 Å². The van der Waals surface area contributed by atoms with E-state index in [1.165, 1.54) is 23.0 Å². The Kier molecular flexibility index (Phi) is 8.41. The van der Waals surface area contributed by atoms with E-state index in [1.807, 2.05) is 30.6 Å². The van der Waals surface area contributed by atoms with Gasteiger partial charge in [0.25, 0.3) is 0 Å². The van der Waals surface area contributed by atoms with Gasteiger partial charge >= 0.3 is 0 Å². The van der Waals surface area contributed by atoms with E-state index < -0.39 is 5.82 Å². The molecule has 4 aromatic heterocycles. The molecule has 5 aromatic rings. The molecule has 9 heteroatoms. The number of Topliss-reactive ketones (excluding diaryl/α,β-unsaturated/α-hetero) is 1. The Morgan fingerprint density at radius 3 is 2.41 bits per heavy atom. The average molecular weight is 608 g/mol. The maximum atomic E-state index is 15.0. The Morgan fingerprint density at radius 2 is 1.68 bits per heavy atom. The topological polar surface area (TPSA) is 71.5 Å². The zero-order valence-corrected chi connectivity index (χ0v) is 25.3. The number of hydrogen-bond acceptors (Lipinski definition) is 8. The summed E-state index contributed by atoms with van der Waals surface area (Å²) in [5.41, 5.74) is 4.62. The molecule has 0 unspecified atom stereocenters. The Labute approximate surface area is 260 Å². The van der Waals surface area contributed by atoms with Crippen molar-refractivity contribution in [2.24, 2.45) is 5.92 Å². The van der Waals surface area contributed by atoms with Crippen LogP contribution in [-0.4, -0.2) is 56.7 Å². The Morgan fingerprint density at radius 1 is 0.864 bits per heavy atom. The third-order valence-electron chi connectivity index (χ3n) is 8.27. The summed E-state index contributed by atoms with van der Waals surface area (Å²) in [4.78, 5) is 31.9. The van der Waals surface area contributed by atoms with Crippen molar-refractivity contribution in [2.75, 3.05) is 26.2 Å². The summed E-state index contributed by atoms with van der Waals surface area (Å²) in [5, 5.41) is 0. The summed E-state index contributed by atoms with van der Waals surface area (Å²) >= 11 is 1.53. The molecule has 0 radical (unpaired) electrons. The monoisotopic (exact) mass is 607 g/mol. The molecule has 7 nitrogen and oxygen atoms in total. The van der Waals surface area contributed by atoms with E-state index >= 15 is 0 Å². The maximum absolute atomic E-state index is 15.0. The van der Waals surface area contributed by atoms with E-state index in [9.17, 15) is 9.18 Å². The van der Waals surface area contributed by atoms with Crippen molar-refractivity contribution in [1.29, 1.82) is 0 Å². The van der Waals surface area contributed by atoms with Gasteiger partial charge in [-0.1, -0.05) is 18.2 Å². The number of benzene rings is 1. The van der Waals surface area contributed by atoms with E-state index in [0.29, 0.717) is 23.7 Å². The molecule has 0 amide bonds. The minimum absolute atomic E-state index is 0.130. The lowest BCUT2D eigenvalue weighted by molar-refractivity contribution is -0.118. The fraction of sp³-hybridized carbons (Fsp3) is 0.314. The molecular weight excluding hydrogens is 573 g/mol. The van der Waals surface area contributed by atoms with Crippen molar-refractivity contribution in [1.82, 2.24) is 24.8 Å². The molecule has 1 saturated carbocycles. The number of aromatic nitrogens is 3. The fourth-order valence-electron chi connectivity index (χ4n) is 5.67. The first-order valence-corrected chi connectivity index (χ1v) is 16.0. The molecule has 0 spiro atoms. The fourth-order valence-corrected chi connectivity index (χ4v) is 6.71. The molecule has 1 aliphatic carbocycles. The average Bonchev–Trinajstić information content (AvgIpc) is 3.74. The van der Waals surface area contributed by atoms with Gasteiger partial charge in [-0.2, -0.15) is 0 Å². The number of carbonyl (C=O) groups excluding carboxylic acids is 1. The molecule has 7 rings (SSSR count). The van der Waals surface area contributed by atoms with Crippen molar-refractivity contribution < 1.29 is 13.9 Å². The summed E-state index contributed by atoms with van der Waals surface area (Å²) in [6, 6.07) is 18.8. The molecule has 1 aromatic carbocycles. The molecule has 2 fully saturated rings. The first-order chi connectivity index (χ1) is 21.6. The van der Waals surface area contributed by atoms with Crippen molar-refractivity contribution >= 4 is 27.3 Å². The molecule has 1 aliphatic heterocycles. The van der Waals surface area contributed by atoms with Crippen LogP contribution >= 0.6 is 11.3 Å². The van der Waals surface area contributed by atoms with Crippen LogP contribution < -0.4 is 4.74 Å². The van der Waals surface area contributed by atoms with Gasteiger partial charge in [-0.25, -0.2) is 4.39 Å². The number of rotatable bonds is 11. The molecule has 0 atom stereocenters. The summed E-state index contributed by atoms with van der Waals surface area (Å²) in [7, 11) is 0. The molecule has 0 N–H and O–H groups in total. The van der Waals surface area contributed by atoms with E-state index in [1.54, 1.807) is 24.4 Å². The van der Waals surface area contributed by atoms with Gasteiger partial charge in [-0.3, -0.25) is 29.5 Å². The Hall–Kier alpha value is -4.05. The smallest absolute Gasteiger partial charge is 0.166 e. The second-order valence-corrected chi connectivity index (χ2v) is 12.8. The van der Waals surface area contributed by atoms with Crippen LogP contribution in [0, 0.1) is 11.7 Å². The second kappa shape index (κ2) is 12.9. The molecule has 2 aliphatic rings. The van der Waals surface area contributed by atoms with Gasteiger partial charge in [0.2, 0.25) is 0 Å². The van der Waals surface area contributed by atoms with Crippen LogP contribution in [0.2, 0.25) is 0 Å². The summed E-state index contributed by atoms with van der Waals surface area (Å²) in [5.74, 6) is 0.894. The van der Waals surface area contributed by atoms with Crippen LogP contribution in [0.1, 0.15) is 36.1 Å². The van der Waals surface area contributed by atoms with Crippen molar-refractivity contribution in [2.45, 2.75) is 38.8 Å². The molecule has 224 valence electrons. The minimum atomic E-state index is -0.477. The maximum Gasteiger partial charge on any atom is 0.166 e. The standard InChI is InChI=1S/C35H34FN5O2S/c36-29-19-25(18-28(42)17-24-4-5-24)7-9-32(29)43-33-10-12-38-31-20-34(44-35(31)33)30-8-6-26(21-39-30)22-40-13-15-41(16-14-40)23-27-3-1-2-11-37-27/h1-3,6-12,19-21,24H,4-5,13-18,22-23H2. The molecule has 0 bridgehead atoms. The van der Waals surface area contributed by atoms with E-state index in [-0.39, 0.29) is 18.0 Å². The quantitative estimate of drug-likeness (QED) is 0.162. The number of halogens is 1. The summed E-state index contributed by atoms with van der Waals surface area (Å²) in [6.07, 6.45) is 8.60. The number of carbonyl (C=O) groups is 1. The lowest BCUT2D eigenvalue weighted by Gasteiger charge is -2.34. The highest BCUT2D eigenvalue weighted by Crippen LogP contribution is 2.39. The third-order valence-corrected chi connectivity index (χ3v) is 9.43. The number of nitrogens with zero attached hydrogens (tertiary/aromatic N) is 5. The summed E-state index contributed by atoms with van der Waals surface area (Å²) in [6.45, 7) is 5.84.